The average Bonchev–Trinajstić information content (AvgIpc) is 3.10. The van der Waals surface area contributed by atoms with Crippen LogP contribution in [0.2, 0.25) is 0 Å². The Morgan fingerprint density at radius 2 is 0.848 bits per heavy atom. The molecule has 0 aliphatic heterocycles. The lowest BCUT2D eigenvalue weighted by molar-refractivity contribution is 0.588. The van der Waals surface area contributed by atoms with Crippen molar-refractivity contribution in [1.29, 1.82) is 0 Å². The van der Waals surface area contributed by atoms with Crippen molar-refractivity contribution in [2.24, 2.45) is 0 Å². The van der Waals surface area contributed by atoms with Gasteiger partial charge in [0.15, 0.2) is 0 Å². The van der Waals surface area contributed by atoms with Crippen molar-refractivity contribution in [3.63, 3.8) is 0 Å². The van der Waals surface area contributed by atoms with E-state index < -0.39 is 7.14 Å². The first-order valence-corrected chi connectivity index (χ1v) is 18.3. The molecule has 1 nitrogen and oxygen atoms in total. The van der Waals surface area contributed by atoms with Gasteiger partial charge in [0.1, 0.15) is 7.14 Å². The highest BCUT2D eigenvalue weighted by molar-refractivity contribution is 7.70. The third kappa shape index (κ3) is 4.85. The van der Waals surface area contributed by atoms with Crippen LogP contribution in [0.25, 0.3) is 76.8 Å². The summed E-state index contributed by atoms with van der Waals surface area (Å²) < 4.78 is 13.0. The van der Waals surface area contributed by atoms with Gasteiger partial charge in [-0.15, -0.1) is 0 Å². The molecule has 8 rings (SSSR count). The Morgan fingerprint density at radius 3 is 1.52 bits per heavy atom. The molecular formula is C44H33OP. The fourth-order valence-electron chi connectivity index (χ4n) is 6.97. The molecule has 220 valence electrons. The zero-order chi connectivity index (χ0) is 31.3. The Labute approximate surface area is 270 Å². The molecule has 0 aliphatic carbocycles. The summed E-state index contributed by atoms with van der Waals surface area (Å²) in [6, 6.07) is 58.7. The van der Waals surface area contributed by atoms with E-state index in [1.165, 1.54) is 65.7 Å². The van der Waals surface area contributed by atoms with E-state index in [1.807, 2.05) is 25.5 Å². The first-order chi connectivity index (χ1) is 22.5. The van der Waals surface area contributed by atoms with Crippen molar-refractivity contribution in [3.8, 4) is 44.5 Å². The lowest BCUT2D eigenvalue weighted by atomic mass is 9.83. The van der Waals surface area contributed by atoms with Crippen molar-refractivity contribution in [3.05, 3.63) is 164 Å². The molecule has 0 aromatic heterocycles. The third-order valence-electron chi connectivity index (χ3n) is 9.17. The van der Waals surface area contributed by atoms with Crippen molar-refractivity contribution in [1.82, 2.24) is 0 Å². The van der Waals surface area contributed by atoms with Gasteiger partial charge in [0.05, 0.1) is 0 Å². The summed E-state index contributed by atoms with van der Waals surface area (Å²) >= 11 is 0. The van der Waals surface area contributed by atoms with Crippen LogP contribution in [0.4, 0.5) is 0 Å². The fourth-order valence-corrected chi connectivity index (χ4v) is 7.87. The van der Waals surface area contributed by atoms with Gasteiger partial charge in [0, 0.05) is 5.30 Å². The summed E-state index contributed by atoms with van der Waals surface area (Å²) in [5.41, 5.74) is 9.54. The number of hydrogen-bond acceptors (Lipinski definition) is 1. The van der Waals surface area contributed by atoms with Crippen LogP contribution in [-0.4, -0.2) is 13.3 Å². The van der Waals surface area contributed by atoms with Crippen LogP contribution in [0.15, 0.2) is 164 Å². The van der Waals surface area contributed by atoms with Crippen LogP contribution in [0.1, 0.15) is 0 Å². The van der Waals surface area contributed by atoms with Gasteiger partial charge in [-0.05, 0) is 102 Å². The van der Waals surface area contributed by atoms with Gasteiger partial charge >= 0.3 is 0 Å². The maximum Gasteiger partial charge on any atom is 0.109 e. The number of hydrogen-bond donors (Lipinski definition) is 0. The average molecular weight is 609 g/mol. The smallest absolute Gasteiger partial charge is 0.109 e. The molecule has 0 saturated carbocycles. The van der Waals surface area contributed by atoms with E-state index in [0.717, 1.165) is 16.4 Å². The number of benzene rings is 8. The highest BCUT2D eigenvalue weighted by atomic mass is 31.2. The fraction of sp³-hybridized carbons (Fsp3) is 0.0455. The van der Waals surface area contributed by atoms with Crippen molar-refractivity contribution < 1.29 is 4.57 Å². The number of fused-ring (bicyclic) bond motifs is 3. The molecule has 2 heteroatoms. The molecular weight excluding hydrogens is 575 g/mol. The lowest BCUT2D eigenvalue weighted by Crippen LogP contribution is -2.02. The summed E-state index contributed by atoms with van der Waals surface area (Å²) in [5, 5.41) is 8.26. The Morgan fingerprint density at radius 1 is 0.348 bits per heavy atom. The van der Waals surface area contributed by atoms with Crippen molar-refractivity contribution >= 4 is 44.8 Å². The Bertz CT molecular complexity index is 2450. The second-order valence-corrected chi connectivity index (χ2v) is 15.6. The van der Waals surface area contributed by atoms with E-state index >= 15 is 0 Å². The van der Waals surface area contributed by atoms with Crippen LogP contribution >= 0.6 is 7.14 Å². The summed E-state index contributed by atoms with van der Waals surface area (Å²) in [6.45, 7) is 3.68. The van der Waals surface area contributed by atoms with Gasteiger partial charge in [0.25, 0.3) is 0 Å². The molecule has 0 heterocycles. The first-order valence-electron chi connectivity index (χ1n) is 15.7. The zero-order valence-corrected chi connectivity index (χ0v) is 26.8. The molecule has 0 spiro atoms. The molecule has 0 saturated heterocycles. The third-order valence-corrected chi connectivity index (χ3v) is 10.7. The molecule has 0 fully saturated rings. The molecule has 0 unspecified atom stereocenters. The predicted molar refractivity (Wildman–Crippen MR) is 200 cm³/mol. The molecule has 0 amide bonds. The normalized spacial score (nSPS) is 11.8. The largest absolute Gasteiger partial charge is 0.319 e. The van der Waals surface area contributed by atoms with E-state index in [-0.39, 0.29) is 0 Å². The molecule has 0 bridgehead atoms. The van der Waals surface area contributed by atoms with Crippen molar-refractivity contribution in [2.45, 2.75) is 0 Å². The second-order valence-electron chi connectivity index (χ2n) is 12.4. The van der Waals surface area contributed by atoms with E-state index in [4.69, 9.17) is 0 Å². The lowest BCUT2D eigenvalue weighted by Gasteiger charge is -2.20. The Kier molecular flexibility index (Phi) is 6.93. The summed E-state index contributed by atoms with van der Waals surface area (Å²) in [4.78, 5) is 0. The monoisotopic (exact) mass is 608 g/mol. The molecule has 8 aromatic rings. The summed E-state index contributed by atoms with van der Waals surface area (Å²) in [7, 11) is -2.40. The maximum absolute atomic E-state index is 13.0. The predicted octanol–water partition coefficient (Wildman–Crippen LogP) is 12.1. The summed E-state index contributed by atoms with van der Waals surface area (Å²) in [6.07, 6.45) is 0. The minimum Gasteiger partial charge on any atom is -0.319 e. The molecule has 46 heavy (non-hydrogen) atoms. The zero-order valence-electron chi connectivity index (χ0n) is 25.9. The van der Waals surface area contributed by atoms with Gasteiger partial charge in [-0.3, -0.25) is 0 Å². The van der Waals surface area contributed by atoms with E-state index in [1.54, 1.807) is 0 Å². The minimum atomic E-state index is -2.40. The van der Waals surface area contributed by atoms with Crippen LogP contribution in [0.5, 0.6) is 0 Å². The second kappa shape index (κ2) is 11.3. The maximum atomic E-state index is 13.0. The van der Waals surface area contributed by atoms with Crippen LogP contribution in [-0.2, 0) is 4.57 Å². The first kappa shape index (κ1) is 28.3. The van der Waals surface area contributed by atoms with Gasteiger partial charge < -0.3 is 4.57 Å². The van der Waals surface area contributed by atoms with Crippen LogP contribution < -0.4 is 5.30 Å². The standard InChI is InChI=1S/C44H33OP/c1-46(2,45)34-19-13-18-32(28-34)33-24-25-41-42(29-33)43(31-16-7-4-8-17-31)38-22-11-12-23-39(38)44(41)40-27-26-35(30-14-5-3-6-15-30)36-20-9-10-21-37(36)40/h3-29H,1-2H3. The number of rotatable bonds is 5. The van der Waals surface area contributed by atoms with Crippen LogP contribution in [0.3, 0.4) is 0 Å². The Hall–Kier alpha value is -5.23. The molecule has 0 N–H and O–H groups in total. The Balaban J connectivity index is 1.48. The van der Waals surface area contributed by atoms with E-state index in [0.29, 0.717) is 0 Å². The van der Waals surface area contributed by atoms with Gasteiger partial charge in [-0.1, -0.05) is 152 Å². The van der Waals surface area contributed by atoms with E-state index in [9.17, 15) is 4.57 Å². The molecule has 0 atom stereocenters. The topological polar surface area (TPSA) is 17.1 Å². The molecule has 8 aromatic carbocycles. The van der Waals surface area contributed by atoms with Gasteiger partial charge in [0.2, 0.25) is 0 Å². The SMILES string of the molecule is CP(C)(=O)c1cccc(-c2ccc3c(-c4ccc(-c5ccccc5)c5ccccc45)c4ccccc4c(-c4ccccc4)c3c2)c1. The van der Waals surface area contributed by atoms with Gasteiger partial charge in [-0.2, -0.15) is 0 Å². The highest BCUT2D eigenvalue weighted by Crippen LogP contribution is 2.47. The van der Waals surface area contributed by atoms with Crippen molar-refractivity contribution in [2.75, 3.05) is 13.3 Å². The summed E-state index contributed by atoms with van der Waals surface area (Å²) in [5.74, 6) is 0. The molecule has 0 aliphatic rings. The van der Waals surface area contributed by atoms with Crippen LogP contribution in [0, 0.1) is 0 Å². The quantitative estimate of drug-likeness (QED) is 0.140. The minimum absolute atomic E-state index is 0.901. The van der Waals surface area contributed by atoms with E-state index in [2.05, 4.69) is 152 Å². The molecule has 0 radical (unpaired) electrons. The highest BCUT2D eigenvalue weighted by Gasteiger charge is 2.20. The van der Waals surface area contributed by atoms with Gasteiger partial charge in [-0.25, -0.2) is 0 Å².